The molecule has 1 heterocycles. The van der Waals surface area contributed by atoms with E-state index < -0.39 is 0 Å². The van der Waals surface area contributed by atoms with Crippen LogP contribution in [0.1, 0.15) is 16.7 Å². The fourth-order valence-corrected chi connectivity index (χ4v) is 3.59. The van der Waals surface area contributed by atoms with E-state index in [4.69, 9.17) is 12.2 Å². The minimum Gasteiger partial charge on any atom is -0.346 e. The number of carbonyl (C=O) groups is 1. The van der Waals surface area contributed by atoms with Crippen LogP contribution < -0.4 is 10.6 Å². The SMILES string of the molecule is Cc1ccccc1NC(=S)N1CCN(CC(=O)Nc2cccc(C)c2C)CC1. The summed E-state index contributed by atoms with van der Waals surface area (Å²) in [5, 5.41) is 7.12. The van der Waals surface area contributed by atoms with Gasteiger partial charge >= 0.3 is 0 Å². The summed E-state index contributed by atoms with van der Waals surface area (Å²) in [6.45, 7) is 9.81. The summed E-state index contributed by atoms with van der Waals surface area (Å²) in [4.78, 5) is 16.8. The van der Waals surface area contributed by atoms with Gasteiger partial charge in [-0.2, -0.15) is 0 Å². The van der Waals surface area contributed by atoms with Crippen LogP contribution in [-0.4, -0.2) is 53.5 Å². The molecule has 6 heteroatoms. The molecule has 1 aliphatic rings. The molecule has 0 bridgehead atoms. The second-order valence-corrected chi connectivity index (χ2v) is 7.69. The van der Waals surface area contributed by atoms with Crippen molar-refractivity contribution in [3.05, 3.63) is 59.2 Å². The van der Waals surface area contributed by atoms with Gasteiger partial charge in [-0.1, -0.05) is 30.3 Å². The largest absolute Gasteiger partial charge is 0.346 e. The molecule has 3 rings (SSSR count). The molecule has 0 atom stereocenters. The van der Waals surface area contributed by atoms with Gasteiger partial charge in [0.25, 0.3) is 0 Å². The number of thiocarbonyl (C=S) groups is 1. The van der Waals surface area contributed by atoms with Gasteiger partial charge in [-0.3, -0.25) is 9.69 Å². The van der Waals surface area contributed by atoms with Crippen molar-refractivity contribution >= 4 is 34.6 Å². The minimum atomic E-state index is 0.0303. The second-order valence-electron chi connectivity index (χ2n) is 7.30. The van der Waals surface area contributed by atoms with Crippen molar-refractivity contribution in [1.82, 2.24) is 9.80 Å². The number of hydrogen-bond acceptors (Lipinski definition) is 3. The molecule has 1 amide bonds. The number of aryl methyl sites for hydroxylation is 2. The van der Waals surface area contributed by atoms with Gasteiger partial charge in [0.2, 0.25) is 5.91 Å². The van der Waals surface area contributed by atoms with Crippen LogP contribution in [0.5, 0.6) is 0 Å². The third-order valence-electron chi connectivity index (χ3n) is 5.29. The third-order valence-corrected chi connectivity index (χ3v) is 5.65. The summed E-state index contributed by atoms with van der Waals surface area (Å²) in [7, 11) is 0. The molecular weight excluding hydrogens is 368 g/mol. The lowest BCUT2D eigenvalue weighted by Crippen LogP contribution is -2.51. The van der Waals surface area contributed by atoms with Crippen LogP contribution in [0.2, 0.25) is 0 Å². The molecule has 0 spiro atoms. The lowest BCUT2D eigenvalue weighted by Gasteiger charge is -2.36. The fourth-order valence-electron chi connectivity index (χ4n) is 3.30. The first-order valence-electron chi connectivity index (χ1n) is 9.64. The topological polar surface area (TPSA) is 47.6 Å². The smallest absolute Gasteiger partial charge is 0.238 e. The van der Waals surface area contributed by atoms with Crippen LogP contribution in [-0.2, 0) is 4.79 Å². The van der Waals surface area contributed by atoms with Crippen molar-refractivity contribution in [2.75, 3.05) is 43.4 Å². The van der Waals surface area contributed by atoms with E-state index in [2.05, 4.69) is 46.4 Å². The van der Waals surface area contributed by atoms with Crippen LogP contribution in [0.3, 0.4) is 0 Å². The van der Waals surface area contributed by atoms with Gasteiger partial charge in [-0.15, -0.1) is 0 Å². The van der Waals surface area contributed by atoms with Crippen molar-refractivity contribution < 1.29 is 4.79 Å². The summed E-state index contributed by atoms with van der Waals surface area (Å²) in [5.74, 6) is 0.0303. The van der Waals surface area contributed by atoms with Crippen molar-refractivity contribution in [3.63, 3.8) is 0 Å². The number of para-hydroxylation sites is 1. The summed E-state index contributed by atoms with van der Waals surface area (Å²) < 4.78 is 0. The van der Waals surface area contributed by atoms with E-state index >= 15 is 0 Å². The van der Waals surface area contributed by atoms with Gasteiger partial charge in [0.1, 0.15) is 0 Å². The predicted octanol–water partition coefficient (Wildman–Crippen LogP) is 3.56. The predicted molar refractivity (Wildman–Crippen MR) is 120 cm³/mol. The van der Waals surface area contributed by atoms with Gasteiger partial charge in [0.15, 0.2) is 5.11 Å². The number of amides is 1. The van der Waals surface area contributed by atoms with E-state index in [-0.39, 0.29) is 5.91 Å². The summed E-state index contributed by atoms with van der Waals surface area (Å²) in [6, 6.07) is 14.1. The van der Waals surface area contributed by atoms with Gasteiger partial charge in [0.05, 0.1) is 6.54 Å². The quantitative estimate of drug-likeness (QED) is 0.774. The highest BCUT2D eigenvalue weighted by atomic mass is 32.1. The number of anilines is 2. The zero-order valence-corrected chi connectivity index (χ0v) is 17.6. The summed E-state index contributed by atoms with van der Waals surface area (Å²) in [6.07, 6.45) is 0. The Labute approximate surface area is 172 Å². The molecule has 0 saturated carbocycles. The van der Waals surface area contributed by atoms with E-state index in [0.29, 0.717) is 6.54 Å². The van der Waals surface area contributed by atoms with E-state index in [1.807, 2.05) is 37.3 Å². The highest BCUT2D eigenvalue weighted by Gasteiger charge is 2.21. The van der Waals surface area contributed by atoms with E-state index in [0.717, 1.165) is 48.2 Å². The minimum absolute atomic E-state index is 0.0303. The number of rotatable bonds is 4. The van der Waals surface area contributed by atoms with Gasteiger partial charge < -0.3 is 15.5 Å². The Hall–Kier alpha value is -2.44. The van der Waals surface area contributed by atoms with Crippen LogP contribution in [0.25, 0.3) is 0 Å². The molecule has 2 aromatic rings. The average molecular weight is 397 g/mol. The van der Waals surface area contributed by atoms with Gasteiger partial charge in [0, 0.05) is 37.6 Å². The lowest BCUT2D eigenvalue weighted by atomic mass is 10.1. The Balaban J connectivity index is 1.47. The molecule has 148 valence electrons. The Morgan fingerprint density at radius 2 is 1.54 bits per heavy atom. The molecule has 1 aliphatic heterocycles. The first-order valence-corrected chi connectivity index (χ1v) is 10.0. The third kappa shape index (κ3) is 5.09. The van der Waals surface area contributed by atoms with Crippen LogP contribution in [0, 0.1) is 20.8 Å². The van der Waals surface area contributed by atoms with Gasteiger partial charge in [-0.25, -0.2) is 0 Å². The van der Waals surface area contributed by atoms with Crippen LogP contribution >= 0.6 is 12.2 Å². The first-order chi connectivity index (χ1) is 13.4. The monoisotopic (exact) mass is 396 g/mol. The second kappa shape index (κ2) is 9.17. The van der Waals surface area contributed by atoms with Crippen LogP contribution in [0.4, 0.5) is 11.4 Å². The van der Waals surface area contributed by atoms with Crippen molar-refractivity contribution in [1.29, 1.82) is 0 Å². The Bertz CT molecular complexity index is 859. The molecular formula is C22H28N4OS. The molecule has 28 heavy (non-hydrogen) atoms. The molecule has 1 saturated heterocycles. The molecule has 0 aromatic heterocycles. The number of benzene rings is 2. The van der Waals surface area contributed by atoms with Crippen molar-refractivity contribution in [3.8, 4) is 0 Å². The fraction of sp³-hybridized carbons (Fsp3) is 0.364. The number of nitrogens with zero attached hydrogens (tertiary/aromatic N) is 2. The molecule has 5 nitrogen and oxygen atoms in total. The number of carbonyl (C=O) groups excluding carboxylic acids is 1. The van der Waals surface area contributed by atoms with E-state index in [1.54, 1.807) is 0 Å². The van der Waals surface area contributed by atoms with E-state index in [9.17, 15) is 4.79 Å². The molecule has 2 N–H and O–H groups in total. The zero-order chi connectivity index (χ0) is 20.1. The zero-order valence-electron chi connectivity index (χ0n) is 16.8. The van der Waals surface area contributed by atoms with Crippen LogP contribution in [0.15, 0.2) is 42.5 Å². The molecule has 1 fully saturated rings. The first kappa shape index (κ1) is 20.3. The number of piperazine rings is 1. The maximum atomic E-state index is 12.4. The summed E-state index contributed by atoms with van der Waals surface area (Å²) >= 11 is 5.57. The highest BCUT2D eigenvalue weighted by Crippen LogP contribution is 2.18. The van der Waals surface area contributed by atoms with Crippen molar-refractivity contribution in [2.45, 2.75) is 20.8 Å². The standard InChI is InChI=1S/C22H28N4OS/c1-16-8-6-10-20(18(16)3)23-21(27)15-25-11-13-26(14-12-25)22(28)24-19-9-5-4-7-17(19)2/h4-10H,11-15H2,1-3H3,(H,23,27)(H,24,28). The van der Waals surface area contributed by atoms with Gasteiger partial charge in [-0.05, 0) is 61.8 Å². The Kier molecular flexibility index (Phi) is 6.65. The molecule has 0 radical (unpaired) electrons. The average Bonchev–Trinajstić information content (AvgIpc) is 2.68. The lowest BCUT2D eigenvalue weighted by molar-refractivity contribution is -0.117. The normalized spacial score (nSPS) is 14.6. The Morgan fingerprint density at radius 1 is 0.893 bits per heavy atom. The van der Waals surface area contributed by atoms with Crippen molar-refractivity contribution in [2.24, 2.45) is 0 Å². The maximum absolute atomic E-state index is 12.4. The molecule has 0 aliphatic carbocycles. The van der Waals surface area contributed by atoms with E-state index in [1.165, 1.54) is 11.1 Å². The number of nitrogens with one attached hydrogen (secondary N) is 2. The molecule has 2 aromatic carbocycles. The maximum Gasteiger partial charge on any atom is 0.238 e. The summed E-state index contributed by atoms with van der Waals surface area (Å²) in [5.41, 5.74) is 5.41. The highest BCUT2D eigenvalue weighted by molar-refractivity contribution is 7.80. The Morgan fingerprint density at radius 3 is 2.25 bits per heavy atom. The molecule has 0 unspecified atom stereocenters. The number of hydrogen-bond donors (Lipinski definition) is 2.